The van der Waals surface area contributed by atoms with Crippen LogP contribution in [0.25, 0.3) is 0 Å². The number of methoxy groups -OCH3 is 1. The Morgan fingerprint density at radius 1 is 1.12 bits per heavy atom. The maximum atomic E-state index is 14.2. The molecule has 6 heteroatoms. The number of halogens is 1. The third-order valence-corrected chi connectivity index (χ3v) is 3.69. The predicted octanol–water partition coefficient (Wildman–Crippen LogP) is 3.55. The number of carbonyl (C=O) groups excluding carboxylic acids is 1. The van der Waals surface area contributed by atoms with Crippen LogP contribution < -0.4 is 20.5 Å². The minimum absolute atomic E-state index is 0.0396. The third-order valence-electron chi connectivity index (χ3n) is 3.69. The van der Waals surface area contributed by atoms with Crippen molar-refractivity contribution < 1.29 is 18.7 Å². The van der Waals surface area contributed by atoms with E-state index in [-0.39, 0.29) is 23.6 Å². The van der Waals surface area contributed by atoms with Crippen molar-refractivity contribution in [3.05, 3.63) is 48.3 Å². The molecule has 0 aliphatic rings. The molecule has 1 amide bonds. The predicted molar refractivity (Wildman–Crippen MR) is 90.9 cm³/mol. The van der Waals surface area contributed by atoms with E-state index in [2.05, 4.69) is 5.32 Å². The van der Waals surface area contributed by atoms with E-state index in [9.17, 15) is 9.18 Å². The van der Waals surface area contributed by atoms with Gasteiger partial charge in [0.2, 0.25) is 5.91 Å². The minimum Gasteiger partial charge on any atom is -0.493 e. The molecule has 2 aromatic carbocycles. The van der Waals surface area contributed by atoms with Gasteiger partial charge in [-0.25, -0.2) is 4.39 Å². The van der Waals surface area contributed by atoms with E-state index in [1.165, 1.54) is 19.2 Å². The molecular formula is C18H21FN2O3. The third kappa shape index (κ3) is 4.23. The Morgan fingerprint density at radius 3 is 2.38 bits per heavy atom. The molecule has 2 aromatic rings. The fraction of sp³-hybridized carbons (Fsp3) is 0.278. The van der Waals surface area contributed by atoms with Crippen LogP contribution in [0.15, 0.2) is 42.5 Å². The van der Waals surface area contributed by atoms with E-state index in [1.807, 2.05) is 0 Å². The van der Waals surface area contributed by atoms with Gasteiger partial charge in [0, 0.05) is 17.8 Å². The minimum atomic E-state index is -0.591. The number of rotatable bonds is 6. The van der Waals surface area contributed by atoms with Crippen molar-refractivity contribution in [1.29, 1.82) is 0 Å². The SMILES string of the molecule is COc1ccccc1Oc1ccc(NC(=O)C(C)C(C)N)cc1F. The summed E-state index contributed by atoms with van der Waals surface area (Å²) in [5, 5.41) is 2.64. The van der Waals surface area contributed by atoms with Gasteiger partial charge in [-0.05, 0) is 31.2 Å². The standard InChI is InChI=1S/C18H21FN2O3/c1-11(12(2)20)18(22)21-13-8-9-15(14(19)10-13)24-17-7-5-4-6-16(17)23-3/h4-12H,20H2,1-3H3,(H,21,22). The Kier molecular flexibility index (Phi) is 5.76. The van der Waals surface area contributed by atoms with Gasteiger partial charge in [-0.1, -0.05) is 19.1 Å². The first kappa shape index (κ1) is 17.7. The lowest BCUT2D eigenvalue weighted by Gasteiger charge is -2.16. The Hall–Kier alpha value is -2.60. The highest BCUT2D eigenvalue weighted by molar-refractivity contribution is 5.92. The number of anilines is 1. The van der Waals surface area contributed by atoms with Crippen molar-refractivity contribution in [2.45, 2.75) is 19.9 Å². The number of ether oxygens (including phenoxy) is 2. The number of benzene rings is 2. The summed E-state index contributed by atoms with van der Waals surface area (Å²) < 4.78 is 25.0. The lowest BCUT2D eigenvalue weighted by Crippen LogP contribution is -2.34. The molecule has 2 atom stereocenters. The smallest absolute Gasteiger partial charge is 0.228 e. The molecule has 128 valence electrons. The summed E-state index contributed by atoms with van der Waals surface area (Å²) >= 11 is 0. The molecule has 0 aromatic heterocycles. The Labute approximate surface area is 140 Å². The fourth-order valence-corrected chi connectivity index (χ4v) is 1.98. The van der Waals surface area contributed by atoms with Crippen LogP contribution in [0, 0.1) is 11.7 Å². The number of hydrogen-bond acceptors (Lipinski definition) is 4. The molecule has 5 nitrogen and oxygen atoms in total. The first-order valence-corrected chi connectivity index (χ1v) is 7.59. The summed E-state index contributed by atoms with van der Waals surface area (Å²) in [5.41, 5.74) is 6.04. The van der Waals surface area contributed by atoms with Crippen molar-refractivity contribution in [2.75, 3.05) is 12.4 Å². The summed E-state index contributed by atoms with van der Waals surface area (Å²) in [5.74, 6) is -0.286. The van der Waals surface area contributed by atoms with E-state index >= 15 is 0 Å². The van der Waals surface area contributed by atoms with Crippen molar-refractivity contribution in [3.8, 4) is 17.2 Å². The maximum absolute atomic E-state index is 14.2. The highest BCUT2D eigenvalue weighted by Gasteiger charge is 2.18. The molecule has 0 aliphatic carbocycles. The van der Waals surface area contributed by atoms with Gasteiger partial charge in [-0.2, -0.15) is 0 Å². The fourth-order valence-electron chi connectivity index (χ4n) is 1.98. The van der Waals surface area contributed by atoms with Crippen LogP contribution in [0.1, 0.15) is 13.8 Å². The summed E-state index contributed by atoms with van der Waals surface area (Å²) in [6, 6.07) is 10.9. The zero-order valence-electron chi connectivity index (χ0n) is 13.9. The van der Waals surface area contributed by atoms with Gasteiger partial charge in [-0.3, -0.25) is 4.79 Å². The van der Waals surface area contributed by atoms with Gasteiger partial charge in [-0.15, -0.1) is 0 Å². The van der Waals surface area contributed by atoms with Crippen LogP contribution in [0.5, 0.6) is 17.2 Å². The molecular weight excluding hydrogens is 311 g/mol. The van der Waals surface area contributed by atoms with Gasteiger partial charge in [0.1, 0.15) is 0 Å². The first-order valence-electron chi connectivity index (χ1n) is 7.59. The largest absolute Gasteiger partial charge is 0.493 e. The second-order valence-electron chi connectivity index (χ2n) is 5.54. The molecule has 0 saturated carbocycles. The lowest BCUT2D eigenvalue weighted by molar-refractivity contribution is -0.119. The van der Waals surface area contributed by atoms with Gasteiger partial charge < -0.3 is 20.5 Å². The average molecular weight is 332 g/mol. The lowest BCUT2D eigenvalue weighted by atomic mass is 10.0. The molecule has 24 heavy (non-hydrogen) atoms. The molecule has 0 fully saturated rings. The van der Waals surface area contributed by atoms with Crippen LogP contribution in [0.4, 0.5) is 10.1 Å². The molecule has 0 aliphatic heterocycles. The van der Waals surface area contributed by atoms with Crippen LogP contribution in [0.2, 0.25) is 0 Å². The Bertz CT molecular complexity index is 719. The number of amides is 1. The van der Waals surface area contributed by atoms with Crippen molar-refractivity contribution >= 4 is 11.6 Å². The monoisotopic (exact) mass is 332 g/mol. The van der Waals surface area contributed by atoms with Crippen molar-refractivity contribution in [2.24, 2.45) is 11.7 Å². The van der Waals surface area contributed by atoms with Crippen molar-refractivity contribution in [1.82, 2.24) is 0 Å². The number of para-hydroxylation sites is 2. The average Bonchev–Trinajstić information content (AvgIpc) is 2.56. The maximum Gasteiger partial charge on any atom is 0.228 e. The van der Waals surface area contributed by atoms with E-state index < -0.39 is 5.82 Å². The van der Waals surface area contributed by atoms with Gasteiger partial charge in [0.15, 0.2) is 23.1 Å². The van der Waals surface area contributed by atoms with Crippen LogP contribution in [-0.4, -0.2) is 19.1 Å². The van der Waals surface area contributed by atoms with Crippen LogP contribution >= 0.6 is 0 Å². The summed E-state index contributed by atoms with van der Waals surface area (Å²) in [4.78, 5) is 12.0. The van der Waals surface area contributed by atoms with Crippen LogP contribution in [0.3, 0.4) is 0 Å². The van der Waals surface area contributed by atoms with Gasteiger partial charge in [0.05, 0.1) is 13.0 Å². The van der Waals surface area contributed by atoms with Gasteiger partial charge >= 0.3 is 0 Å². The second kappa shape index (κ2) is 7.79. The summed E-state index contributed by atoms with van der Waals surface area (Å²) in [6.45, 7) is 3.46. The normalized spacial score (nSPS) is 13.0. The molecule has 0 saturated heterocycles. The quantitative estimate of drug-likeness (QED) is 0.848. The molecule has 0 bridgehead atoms. The number of carbonyl (C=O) groups is 1. The molecule has 3 N–H and O–H groups in total. The van der Waals surface area contributed by atoms with E-state index in [1.54, 1.807) is 44.2 Å². The number of nitrogens with two attached hydrogens (primary N) is 1. The highest BCUT2D eigenvalue weighted by atomic mass is 19.1. The molecule has 0 heterocycles. The molecule has 0 radical (unpaired) electrons. The zero-order valence-corrected chi connectivity index (χ0v) is 13.9. The molecule has 2 unspecified atom stereocenters. The van der Waals surface area contributed by atoms with E-state index in [0.717, 1.165) is 0 Å². The summed E-state index contributed by atoms with van der Waals surface area (Å²) in [7, 11) is 1.51. The number of hydrogen-bond donors (Lipinski definition) is 2. The zero-order chi connectivity index (χ0) is 17.7. The Morgan fingerprint density at radius 2 is 1.79 bits per heavy atom. The van der Waals surface area contributed by atoms with Crippen molar-refractivity contribution in [3.63, 3.8) is 0 Å². The van der Waals surface area contributed by atoms with Crippen LogP contribution in [-0.2, 0) is 4.79 Å². The first-order chi connectivity index (χ1) is 11.4. The second-order valence-corrected chi connectivity index (χ2v) is 5.54. The molecule has 2 rings (SSSR count). The number of nitrogens with one attached hydrogen (secondary N) is 1. The Balaban J connectivity index is 2.14. The molecule has 0 spiro atoms. The topological polar surface area (TPSA) is 73.6 Å². The van der Waals surface area contributed by atoms with E-state index in [4.69, 9.17) is 15.2 Å². The van der Waals surface area contributed by atoms with Gasteiger partial charge in [0.25, 0.3) is 0 Å². The van der Waals surface area contributed by atoms with E-state index in [0.29, 0.717) is 17.2 Å². The summed E-state index contributed by atoms with van der Waals surface area (Å²) in [6.07, 6.45) is 0. The highest BCUT2D eigenvalue weighted by Crippen LogP contribution is 2.33.